The number of aromatic nitrogens is 2. The highest BCUT2D eigenvalue weighted by molar-refractivity contribution is 5.20. The first kappa shape index (κ1) is 12.4. The fraction of sp³-hybridized carbons (Fsp3) is 0.364. The average molecular weight is 255 g/mol. The van der Waals surface area contributed by atoms with Crippen LogP contribution >= 0.6 is 0 Å². The summed E-state index contributed by atoms with van der Waals surface area (Å²) in [6, 6.07) is 0. The number of nitrogens with zero attached hydrogens (tertiary/aromatic N) is 2. The molecule has 98 valence electrons. The molecule has 1 aromatic rings. The molecule has 7 heteroatoms. The van der Waals surface area contributed by atoms with E-state index in [1.165, 1.54) is 6.08 Å². The summed E-state index contributed by atoms with van der Waals surface area (Å²) in [4.78, 5) is 9.09. The van der Waals surface area contributed by atoms with E-state index in [2.05, 4.69) is 9.97 Å². The van der Waals surface area contributed by atoms with Crippen LogP contribution in [0.15, 0.2) is 30.0 Å². The molecule has 0 saturated heterocycles. The predicted molar refractivity (Wildman–Crippen MR) is 63.2 cm³/mol. The van der Waals surface area contributed by atoms with Crippen LogP contribution in [-0.4, -0.2) is 27.8 Å². The van der Waals surface area contributed by atoms with Gasteiger partial charge in [-0.05, 0) is 12.2 Å². The van der Waals surface area contributed by atoms with E-state index < -0.39 is 12.1 Å². The second kappa shape index (κ2) is 5.07. The van der Waals surface area contributed by atoms with Crippen molar-refractivity contribution in [2.75, 3.05) is 6.54 Å². The molecule has 0 bridgehead atoms. The Morgan fingerprint density at radius 2 is 2.22 bits per heavy atom. The van der Waals surface area contributed by atoms with Crippen molar-refractivity contribution in [3.05, 3.63) is 41.4 Å². The second-order valence-corrected chi connectivity index (χ2v) is 4.06. The van der Waals surface area contributed by atoms with Gasteiger partial charge in [-0.1, -0.05) is 0 Å². The molecule has 0 saturated carbocycles. The van der Waals surface area contributed by atoms with Gasteiger partial charge in [-0.15, -0.1) is 0 Å². The minimum absolute atomic E-state index is 0.416. The maximum atomic E-state index is 12.2. The van der Waals surface area contributed by atoms with Crippen LogP contribution in [0.5, 0.6) is 0 Å². The summed E-state index contributed by atoms with van der Waals surface area (Å²) in [5, 5.41) is 0. The molecule has 2 rings (SSSR count). The normalized spacial score (nSPS) is 17.2. The Balaban J connectivity index is 2.05. The zero-order valence-corrected chi connectivity index (χ0v) is 9.74. The zero-order chi connectivity index (χ0) is 13.1. The first-order chi connectivity index (χ1) is 8.58. The van der Waals surface area contributed by atoms with E-state index in [0.29, 0.717) is 18.9 Å². The number of nitrogens with one attached hydrogen (secondary N) is 1. The van der Waals surface area contributed by atoms with E-state index in [-0.39, 0.29) is 0 Å². The Kier molecular flexibility index (Phi) is 3.50. The van der Waals surface area contributed by atoms with E-state index in [0.717, 1.165) is 23.9 Å². The summed E-state index contributed by atoms with van der Waals surface area (Å²) in [7, 11) is 0. The van der Waals surface area contributed by atoms with Gasteiger partial charge in [0.15, 0.2) is 0 Å². The van der Waals surface area contributed by atoms with Crippen LogP contribution in [0.2, 0.25) is 0 Å². The van der Waals surface area contributed by atoms with Gasteiger partial charge in [-0.3, -0.25) is 0 Å². The summed E-state index contributed by atoms with van der Waals surface area (Å²) in [6.07, 6.45) is 2.31. The molecule has 0 radical (unpaired) electrons. The quantitative estimate of drug-likeness (QED) is 0.693. The van der Waals surface area contributed by atoms with Gasteiger partial charge < -0.3 is 21.4 Å². The number of imidazole rings is 1. The lowest BCUT2D eigenvalue weighted by molar-refractivity contribution is 0.188. The molecule has 0 aliphatic carbocycles. The number of alkyl halides is 2. The predicted octanol–water partition coefficient (Wildman–Crippen LogP) is 0.676. The fourth-order valence-electron chi connectivity index (χ4n) is 1.79. The highest BCUT2D eigenvalue weighted by atomic mass is 19.3. The third kappa shape index (κ3) is 2.61. The lowest BCUT2D eigenvalue weighted by atomic mass is 10.1. The molecule has 0 atom stereocenters. The summed E-state index contributed by atoms with van der Waals surface area (Å²) in [5.74, 6) is 0.416. The third-order valence-corrected chi connectivity index (χ3v) is 2.84. The van der Waals surface area contributed by atoms with Gasteiger partial charge >= 0.3 is 0 Å². The highest BCUT2D eigenvalue weighted by Gasteiger charge is 2.18. The summed E-state index contributed by atoms with van der Waals surface area (Å²) < 4.78 is 24.4. The minimum Gasteiger partial charge on any atom is -0.397 e. The van der Waals surface area contributed by atoms with Gasteiger partial charge in [-0.2, -0.15) is 0 Å². The van der Waals surface area contributed by atoms with Crippen molar-refractivity contribution in [1.82, 2.24) is 14.9 Å². The van der Waals surface area contributed by atoms with Crippen LogP contribution in [0.3, 0.4) is 0 Å². The molecular formula is C11H15F2N5. The fourth-order valence-corrected chi connectivity index (χ4v) is 1.79. The first-order valence-electron chi connectivity index (χ1n) is 5.55. The van der Waals surface area contributed by atoms with Crippen molar-refractivity contribution >= 4 is 0 Å². The van der Waals surface area contributed by atoms with Crippen molar-refractivity contribution in [3.63, 3.8) is 0 Å². The number of hydrogen-bond donors (Lipinski definition) is 3. The Hall–Kier alpha value is -2.05. The third-order valence-electron chi connectivity index (χ3n) is 2.84. The number of H-pyrrole nitrogens is 1. The molecular weight excluding hydrogens is 240 g/mol. The summed E-state index contributed by atoms with van der Waals surface area (Å²) in [5.41, 5.74) is 12.5. The van der Waals surface area contributed by atoms with Crippen molar-refractivity contribution in [2.24, 2.45) is 11.5 Å². The molecule has 2 heterocycles. The largest absolute Gasteiger partial charge is 0.397 e. The summed E-state index contributed by atoms with van der Waals surface area (Å²) in [6.45, 7) is 1.31. The molecule has 0 unspecified atom stereocenters. The summed E-state index contributed by atoms with van der Waals surface area (Å²) >= 11 is 0. The average Bonchev–Trinajstić information content (AvgIpc) is 2.82. The second-order valence-electron chi connectivity index (χ2n) is 4.06. The molecule has 1 aliphatic heterocycles. The van der Waals surface area contributed by atoms with Crippen molar-refractivity contribution in [2.45, 2.75) is 19.4 Å². The van der Waals surface area contributed by atoms with Crippen LogP contribution in [0.25, 0.3) is 0 Å². The van der Waals surface area contributed by atoms with Crippen molar-refractivity contribution in [3.8, 4) is 0 Å². The SMILES string of the molecule is N/C(=C\C=C(/N)N1CCc2nc[nH]c2C1)C(F)F. The number of fused-ring (bicyclic) bond motifs is 1. The van der Waals surface area contributed by atoms with E-state index in [1.54, 1.807) is 6.33 Å². The Morgan fingerprint density at radius 1 is 1.44 bits per heavy atom. The molecule has 0 spiro atoms. The monoisotopic (exact) mass is 255 g/mol. The highest BCUT2D eigenvalue weighted by Crippen LogP contribution is 2.17. The van der Waals surface area contributed by atoms with Gasteiger partial charge in [0.05, 0.1) is 35.8 Å². The Bertz CT molecular complexity index is 478. The Labute approximate surface area is 103 Å². The molecule has 0 amide bonds. The van der Waals surface area contributed by atoms with Gasteiger partial charge in [-0.25, -0.2) is 13.8 Å². The van der Waals surface area contributed by atoms with Gasteiger partial charge in [0.25, 0.3) is 6.43 Å². The number of hydrogen-bond acceptors (Lipinski definition) is 4. The van der Waals surface area contributed by atoms with Crippen LogP contribution in [-0.2, 0) is 13.0 Å². The van der Waals surface area contributed by atoms with E-state index >= 15 is 0 Å². The smallest absolute Gasteiger partial charge is 0.277 e. The number of allylic oxidation sites excluding steroid dienone is 3. The van der Waals surface area contributed by atoms with Gasteiger partial charge in [0, 0.05) is 13.0 Å². The van der Waals surface area contributed by atoms with Crippen molar-refractivity contribution in [1.29, 1.82) is 0 Å². The molecule has 5 nitrogen and oxygen atoms in total. The van der Waals surface area contributed by atoms with Gasteiger partial charge in [0.1, 0.15) is 0 Å². The number of halogens is 2. The lowest BCUT2D eigenvalue weighted by Crippen LogP contribution is -2.33. The molecule has 1 aliphatic rings. The van der Waals surface area contributed by atoms with Crippen molar-refractivity contribution < 1.29 is 8.78 Å². The van der Waals surface area contributed by atoms with Crippen LogP contribution in [0.4, 0.5) is 8.78 Å². The number of rotatable bonds is 3. The minimum atomic E-state index is -2.66. The first-order valence-corrected chi connectivity index (χ1v) is 5.55. The molecule has 1 aromatic heterocycles. The standard InChI is InChI=1S/C11H15F2N5/c12-11(13)7(14)1-2-10(15)18-4-3-8-9(5-18)17-6-16-8/h1-2,6,11H,3-5,14-15H2,(H,16,17)/b7-1-,10-2+. The van der Waals surface area contributed by atoms with E-state index in [9.17, 15) is 8.78 Å². The Morgan fingerprint density at radius 3 is 2.94 bits per heavy atom. The molecule has 18 heavy (non-hydrogen) atoms. The lowest BCUT2D eigenvalue weighted by Gasteiger charge is -2.28. The molecule has 0 aromatic carbocycles. The van der Waals surface area contributed by atoms with E-state index in [1.807, 2.05) is 4.90 Å². The van der Waals surface area contributed by atoms with E-state index in [4.69, 9.17) is 11.5 Å². The van der Waals surface area contributed by atoms with Crippen LogP contribution in [0, 0.1) is 0 Å². The topological polar surface area (TPSA) is 84.0 Å². The maximum absolute atomic E-state index is 12.2. The van der Waals surface area contributed by atoms with Gasteiger partial charge in [0.2, 0.25) is 0 Å². The molecule has 0 fully saturated rings. The molecule has 5 N–H and O–H groups in total. The zero-order valence-electron chi connectivity index (χ0n) is 9.74. The van der Waals surface area contributed by atoms with Crippen LogP contribution < -0.4 is 11.5 Å². The number of nitrogens with two attached hydrogens (primary N) is 2. The number of aromatic amines is 1. The maximum Gasteiger partial charge on any atom is 0.277 e. The van der Waals surface area contributed by atoms with Crippen LogP contribution in [0.1, 0.15) is 11.4 Å².